The molecule has 28 heavy (non-hydrogen) atoms. The van der Waals surface area contributed by atoms with Crippen LogP contribution in [0.3, 0.4) is 0 Å². The van der Waals surface area contributed by atoms with Crippen LogP contribution in [0.5, 0.6) is 0 Å². The van der Waals surface area contributed by atoms with E-state index in [2.05, 4.69) is 10.6 Å². The van der Waals surface area contributed by atoms with E-state index >= 15 is 0 Å². The van der Waals surface area contributed by atoms with Crippen molar-refractivity contribution in [3.8, 4) is 0 Å². The number of benzene rings is 3. The number of hydrogen-bond donors (Lipinski definition) is 2. The highest BCUT2D eigenvalue weighted by atomic mass is 19.1. The predicted octanol–water partition coefficient (Wildman–Crippen LogP) is 4.62. The molecule has 0 saturated heterocycles. The summed E-state index contributed by atoms with van der Waals surface area (Å²) in [5.41, 5.74) is 4.03. The Morgan fingerprint density at radius 1 is 0.786 bits per heavy atom. The molecular weight excluding hydrogens is 355 g/mol. The molecule has 142 valence electrons. The highest BCUT2D eigenvalue weighted by Gasteiger charge is 2.12. The number of hydrogen-bond acceptors (Lipinski definition) is 2. The number of halogens is 1. The molecule has 0 fully saturated rings. The Bertz CT molecular complexity index is 993. The van der Waals surface area contributed by atoms with Crippen LogP contribution in [-0.4, -0.2) is 11.8 Å². The molecule has 0 aliphatic heterocycles. The number of aryl methyl sites for hydroxylation is 2. The van der Waals surface area contributed by atoms with Crippen LogP contribution in [0.2, 0.25) is 0 Å². The van der Waals surface area contributed by atoms with Gasteiger partial charge in [-0.15, -0.1) is 0 Å². The third kappa shape index (κ3) is 4.43. The van der Waals surface area contributed by atoms with Crippen LogP contribution in [0.15, 0.2) is 66.7 Å². The molecule has 0 atom stereocenters. The normalized spacial score (nSPS) is 10.4. The molecule has 0 radical (unpaired) electrons. The van der Waals surface area contributed by atoms with Gasteiger partial charge in [0, 0.05) is 28.9 Å². The molecule has 3 aromatic carbocycles. The minimum atomic E-state index is -0.360. The average molecular weight is 376 g/mol. The topological polar surface area (TPSA) is 58.2 Å². The van der Waals surface area contributed by atoms with Crippen molar-refractivity contribution in [1.29, 1.82) is 0 Å². The second-order valence-corrected chi connectivity index (χ2v) is 6.57. The van der Waals surface area contributed by atoms with E-state index in [0.717, 1.165) is 16.8 Å². The van der Waals surface area contributed by atoms with Crippen molar-refractivity contribution < 1.29 is 14.0 Å². The van der Waals surface area contributed by atoms with Crippen molar-refractivity contribution in [2.45, 2.75) is 20.4 Å². The van der Waals surface area contributed by atoms with Crippen molar-refractivity contribution in [1.82, 2.24) is 5.32 Å². The number of para-hydroxylation sites is 1. The summed E-state index contributed by atoms with van der Waals surface area (Å²) in [6, 6.07) is 18.5. The zero-order valence-electron chi connectivity index (χ0n) is 15.8. The number of rotatable bonds is 5. The summed E-state index contributed by atoms with van der Waals surface area (Å²) in [7, 11) is 0. The van der Waals surface area contributed by atoms with Crippen LogP contribution in [0.4, 0.5) is 10.1 Å². The average Bonchev–Trinajstić information content (AvgIpc) is 2.70. The SMILES string of the molecule is Cc1cccc(C)c1NC(=O)c1ccc(C(=O)NCc2ccccc2F)cc1. The third-order valence-corrected chi connectivity index (χ3v) is 4.53. The Morgan fingerprint density at radius 3 is 1.96 bits per heavy atom. The highest BCUT2D eigenvalue weighted by Crippen LogP contribution is 2.20. The van der Waals surface area contributed by atoms with Gasteiger partial charge >= 0.3 is 0 Å². The summed E-state index contributed by atoms with van der Waals surface area (Å²) in [6.07, 6.45) is 0. The minimum Gasteiger partial charge on any atom is -0.348 e. The quantitative estimate of drug-likeness (QED) is 0.682. The maximum atomic E-state index is 13.6. The lowest BCUT2D eigenvalue weighted by atomic mass is 10.1. The van der Waals surface area contributed by atoms with Gasteiger partial charge in [0.1, 0.15) is 5.82 Å². The smallest absolute Gasteiger partial charge is 0.255 e. The fourth-order valence-corrected chi connectivity index (χ4v) is 2.89. The summed E-state index contributed by atoms with van der Waals surface area (Å²) in [6.45, 7) is 3.97. The van der Waals surface area contributed by atoms with E-state index < -0.39 is 0 Å². The van der Waals surface area contributed by atoms with Gasteiger partial charge in [-0.25, -0.2) is 4.39 Å². The predicted molar refractivity (Wildman–Crippen MR) is 108 cm³/mol. The van der Waals surface area contributed by atoms with Crippen molar-refractivity contribution in [2.24, 2.45) is 0 Å². The summed E-state index contributed by atoms with van der Waals surface area (Å²) < 4.78 is 13.6. The molecule has 0 aliphatic rings. The maximum absolute atomic E-state index is 13.6. The van der Waals surface area contributed by atoms with Crippen molar-refractivity contribution in [2.75, 3.05) is 5.32 Å². The molecule has 0 aromatic heterocycles. The molecule has 3 rings (SSSR count). The Labute approximate surface area is 163 Å². The van der Waals surface area contributed by atoms with Gasteiger partial charge < -0.3 is 10.6 Å². The lowest BCUT2D eigenvalue weighted by molar-refractivity contribution is 0.0948. The number of amides is 2. The second-order valence-electron chi connectivity index (χ2n) is 6.57. The molecule has 0 saturated carbocycles. The molecular formula is C23H21FN2O2. The van der Waals surface area contributed by atoms with Crippen LogP contribution >= 0.6 is 0 Å². The van der Waals surface area contributed by atoms with E-state index in [1.54, 1.807) is 42.5 Å². The van der Waals surface area contributed by atoms with Crippen molar-refractivity contribution >= 4 is 17.5 Å². The summed E-state index contributed by atoms with van der Waals surface area (Å²) >= 11 is 0. The van der Waals surface area contributed by atoms with E-state index in [-0.39, 0.29) is 24.2 Å². The van der Waals surface area contributed by atoms with Crippen LogP contribution in [0.25, 0.3) is 0 Å². The first-order valence-electron chi connectivity index (χ1n) is 8.95. The molecule has 5 heteroatoms. The summed E-state index contributed by atoms with van der Waals surface area (Å²) in [5, 5.41) is 5.60. The van der Waals surface area contributed by atoms with Gasteiger partial charge in [0.2, 0.25) is 0 Å². The molecule has 0 aliphatic carbocycles. The lowest BCUT2D eigenvalue weighted by Crippen LogP contribution is -2.23. The molecule has 2 amide bonds. The van der Waals surface area contributed by atoms with Gasteiger partial charge in [-0.3, -0.25) is 9.59 Å². The maximum Gasteiger partial charge on any atom is 0.255 e. The van der Waals surface area contributed by atoms with Gasteiger partial charge in [0.05, 0.1) is 0 Å². The first-order valence-corrected chi connectivity index (χ1v) is 8.95. The second kappa shape index (κ2) is 8.48. The summed E-state index contributed by atoms with van der Waals surface area (Å²) in [5.74, 6) is -0.929. The molecule has 3 aromatic rings. The zero-order chi connectivity index (χ0) is 20.1. The summed E-state index contributed by atoms with van der Waals surface area (Å²) in [4.78, 5) is 24.8. The first kappa shape index (κ1) is 19.3. The van der Waals surface area contributed by atoms with Gasteiger partial charge in [0.25, 0.3) is 11.8 Å². The fraction of sp³-hybridized carbons (Fsp3) is 0.130. The minimum absolute atomic E-state index is 0.0975. The van der Waals surface area contributed by atoms with Gasteiger partial charge in [-0.2, -0.15) is 0 Å². The molecule has 2 N–H and O–H groups in total. The number of anilines is 1. The monoisotopic (exact) mass is 376 g/mol. The van der Waals surface area contributed by atoms with Crippen LogP contribution < -0.4 is 10.6 Å². The highest BCUT2D eigenvalue weighted by molar-refractivity contribution is 6.05. The Morgan fingerprint density at radius 2 is 1.36 bits per heavy atom. The lowest BCUT2D eigenvalue weighted by Gasteiger charge is -2.12. The van der Waals surface area contributed by atoms with Crippen LogP contribution in [-0.2, 0) is 6.54 Å². The van der Waals surface area contributed by atoms with Gasteiger partial charge in [-0.05, 0) is 55.3 Å². The first-order chi connectivity index (χ1) is 13.5. The zero-order valence-corrected chi connectivity index (χ0v) is 15.8. The molecule has 0 heterocycles. The molecule has 0 spiro atoms. The molecule has 4 nitrogen and oxygen atoms in total. The van der Waals surface area contributed by atoms with Crippen LogP contribution in [0.1, 0.15) is 37.4 Å². The standard InChI is InChI=1S/C23H21FN2O2/c1-15-6-5-7-16(2)21(15)26-23(28)18-12-10-17(11-13-18)22(27)25-14-19-8-3-4-9-20(19)24/h3-13H,14H2,1-2H3,(H,25,27)(H,26,28). The van der Waals surface area contributed by atoms with Gasteiger partial charge in [-0.1, -0.05) is 36.4 Å². The van der Waals surface area contributed by atoms with E-state index in [1.807, 2.05) is 32.0 Å². The fourth-order valence-electron chi connectivity index (χ4n) is 2.89. The Balaban J connectivity index is 1.65. The van der Waals surface area contributed by atoms with Gasteiger partial charge in [0.15, 0.2) is 0 Å². The van der Waals surface area contributed by atoms with Crippen LogP contribution in [0, 0.1) is 19.7 Å². The van der Waals surface area contributed by atoms with Crippen molar-refractivity contribution in [3.63, 3.8) is 0 Å². The molecule has 0 bridgehead atoms. The van der Waals surface area contributed by atoms with E-state index in [1.165, 1.54) is 6.07 Å². The van der Waals surface area contributed by atoms with Crippen molar-refractivity contribution in [3.05, 3.63) is 100 Å². The Hall–Kier alpha value is -3.47. The third-order valence-electron chi connectivity index (χ3n) is 4.53. The largest absolute Gasteiger partial charge is 0.348 e. The number of carbonyl (C=O) groups excluding carboxylic acids is 2. The Kier molecular flexibility index (Phi) is 5.84. The van der Waals surface area contributed by atoms with E-state index in [9.17, 15) is 14.0 Å². The van der Waals surface area contributed by atoms with E-state index in [0.29, 0.717) is 16.7 Å². The van der Waals surface area contributed by atoms with E-state index in [4.69, 9.17) is 0 Å². The number of carbonyl (C=O) groups is 2. The molecule has 0 unspecified atom stereocenters. The number of nitrogens with one attached hydrogen (secondary N) is 2.